The quantitative estimate of drug-likeness (QED) is 0.232. The number of hydrogen-bond donors (Lipinski definition) is 3. The van der Waals surface area contributed by atoms with E-state index in [9.17, 15) is 26.4 Å². The maximum Gasteiger partial charge on any atom is 0.401 e. The average molecular weight is 594 g/mol. The Labute approximate surface area is 232 Å². The van der Waals surface area contributed by atoms with Gasteiger partial charge in [0.25, 0.3) is 0 Å². The first-order chi connectivity index (χ1) is 18.9. The molecule has 0 aliphatic carbocycles. The number of nitrogens with one attached hydrogen (secondary N) is 3. The molecular weight excluding hydrogens is 571 g/mol. The Hall–Kier alpha value is -3.94. The van der Waals surface area contributed by atoms with Crippen molar-refractivity contribution in [2.45, 2.75) is 16.8 Å². The molecule has 0 bridgehead atoms. The topological polar surface area (TPSA) is 122 Å². The zero-order valence-electron chi connectivity index (χ0n) is 20.9. The van der Waals surface area contributed by atoms with Crippen molar-refractivity contribution in [1.82, 2.24) is 15.3 Å². The Balaban J connectivity index is 1.60. The lowest BCUT2D eigenvalue weighted by Gasteiger charge is -2.14. The number of halogens is 4. The van der Waals surface area contributed by atoms with Gasteiger partial charge in [0.1, 0.15) is 11.5 Å². The van der Waals surface area contributed by atoms with Crippen molar-refractivity contribution >= 4 is 55.6 Å². The summed E-state index contributed by atoms with van der Waals surface area (Å²) in [4.78, 5) is 21.0. The van der Waals surface area contributed by atoms with Crippen molar-refractivity contribution in [3.63, 3.8) is 0 Å². The van der Waals surface area contributed by atoms with Crippen molar-refractivity contribution in [2.24, 2.45) is 0 Å². The molecule has 9 nitrogen and oxygen atoms in total. The molecule has 0 atom stereocenters. The second-order valence-electron chi connectivity index (χ2n) is 8.53. The summed E-state index contributed by atoms with van der Waals surface area (Å²) < 4.78 is 69.0. The second kappa shape index (κ2) is 12.1. The van der Waals surface area contributed by atoms with Crippen molar-refractivity contribution in [3.8, 4) is 5.75 Å². The van der Waals surface area contributed by atoms with Crippen LogP contribution in [0.5, 0.6) is 5.75 Å². The molecule has 4 aromatic rings. The molecule has 3 aromatic carbocycles. The number of amides is 1. The van der Waals surface area contributed by atoms with Gasteiger partial charge in [-0.2, -0.15) is 13.2 Å². The minimum absolute atomic E-state index is 0.103. The Bertz CT molecular complexity index is 1650. The van der Waals surface area contributed by atoms with E-state index in [1.54, 1.807) is 42.5 Å². The van der Waals surface area contributed by atoms with Crippen LogP contribution >= 0.6 is 11.6 Å². The highest BCUT2D eigenvalue weighted by molar-refractivity contribution is 7.90. The highest BCUT2D eigenvalue weighted by Crippen LogP contribution is 2.31. The van der Waals surface area contributed by atoms with Gasteiger partial charge in [0, 0.05) is 11.8 Å². The third-order valence-electron chi connectivity index (χ3n) is 5.48. The van der Waals surface area contributed by atoms with Crippen LogP contribution in [0.3, 0.4) is 0 Å². The number of anilines is 3. The molecular formula is C26H23ClF3N5O4S. The number of benzene rings is 3. The molecule has 40 heavy (non-hydrogen) atoms. The van der Waals surface area contributed by atoms with E-state index < -0.39 is 40.8 Å². The summed E-state index contributed by atoms with van der Waals surface area (Å²) in [6, 6.07) is 17.3. The number of methoxy groups -OCH3 is 1. The predicted octanol–water partition coefficient (Wildman–Crippen LogP) is 5.10. The van der Waals surface area contributed by atoms with E-state index in [-0.39, 0.29) is 22.1 Å². The number of fused-ring (bicyclic) bond motifs is 1. The Morgan fingerprint density at radius 1 is 1.00 bits per heavy atom. The van der Waals surface area contributed by atoms with Gasteiger partial charge in [-0.25, -0.2) is 18.4 Å². The normalized spacial score (nSPS) is 11.8. The average Bonchev–Trinajstić information content (AvgIpc) is 2.89. The Morgan fingerprint density at radius 2 is 1.73 bits per heavy atom. The lowest BCUT2D eigenvalue weighted by atomic mass is 10.2. The molecule has 0 saturated heterocycles. The smallest absolute Gasteiger partial charge is 0.401 e. The maximum absolute atomic E-state index is 13.4. The third kappa shape index (κ3) is 7.58. The molecule has 0 saturated carbocycles. The van der Waals surface area contributed by atoms with E-state index in [1.807, 2.05) is 5.32 Å². The zero-order valence-corrected chi connectivity index (χ0v) is 22.5. The summed E-state index contributed by atoms with van der Waals surface area (Å²) in [6.45, 7) is -1.94. The molecule has 0 aliphatic rings. The number of rotatable bonds is 10. The van der Waals surface area contributed by atoms with Crippen LogP contribution in [-0.4, -0.2) is 50.7 Å². The van der Waals surface area contributed by atoms with Crippen molar-refractivity contribution in [1.29, 1.82) is 0 Å². The fourth-order valence-corrected chi connectivity index (χ4v) is 5.13. The molecule has 4 rings (SSSR count). The minimum atomic E-state index is -4.47. The third-order valence-corrected chi connectivity index (χ3v) is 7.44. The first-order valence-corrected chi connectivity index (χ1v) is 13.7. The highest BCUT2D eigenvalue weighted by Gasteiger charge is 2.26. The molecule has 0 spiro atoms. The molecule has 3 N–H and O–H groups in total. The standard InChI is InChI=1S/C26H23ClF3N5O4S/c1-39-17-9-10-19(27)22(12-17)35-25-23(33-20-7-2-3-8-21(20)34-25)14-40(37,38)18-6-4-5-16(11-18)32-24(36)13-31-15-26(28,29)30/h2-12,31H,13-15H2,1H3,(H,32,36)(H,34,35). The number of aromatic nitrogens is 2. The van der Waals surface area contributed by atoms with Gasteiger partial charge in [-0.15, -0.1) is 0 Å². The Kier molecular flexibility index (Phi) is 8.76. The number of alkyl halides is 3. The van der Waals surface area contributed by atoms with Gasteiger partial charge < -0.3 is 20.7 Å². The van der Waals surface area contributed by atoms with Crippen LogP contribution in [0.1, 0.15) is 5.69 Å². The second-order valence-corrected chi connectivity index (χ2v) is 10.9. The van der Waals surface area contributed by atoms with Crippen LogP contribution in [0.25, 0.3) is 11.0 Å². The van der Waals surface area contributed by atoms with Gasteiger partial charge >= 0.3 is 6.18 Å². The summed E-state index contributed by atoms with van der Waals surface area (Å²) in [5.74, 6) is -0.639. The maximum atomic E-state index is 13.4. The van der Waals surface area contributed by atoms with Crippen LogP contribution < -0.4 is 20.7 Å². The molecule has 1 aromatic heterocycles. The number of nitrogens with zero attached hydrogens (tertiary/aromatic N) is 2. The molecule has 0 aliphatic heterocycles. The van der Waals surface area contributed by atoms with E-state index in [0.717, 1.165) is 0 Å². The minimum Gasteiger partial charge on any atom is -0.497 e. The van der Waals surface area contributed by atoms with Crippen molar-refractivity contribution in [3.05, 3.63) is 77.4 Å². The fourth-order valence-electron chi connectivity index (χ4n) is 3.65. The molecule has 14 heteroatoms. The number of para-hydroxylation sites is 2. The lowest BCUT2D eigenvalue weighted by molar-refractivity contribution is -0.127. The van der Waals surface area contributed by atoms with Crippen molar-refractivity contribution in [2.75, 3.05) is 30.8 Å². The van der Waals surface area contributed by atoms with Gasteiger partial charge in [0.2, 0.25) is 5.91 Å². The highest BCUT2D eigenvalue weighted by atomic mass is 35.5. The van der Waals surface area contributed by atoms with E-state index in [0.29, 0.717) is 27.5 Å². The number of carbonyl (C=O) groups is 1. The Morgan fingerprint density at radius 3 is 2.42 bits per heavy atom. The zero-order chi connectivity index (χ0) is 28.9. The van der Waals surface area contributed by atoms with Gasteiger partial charge in [-0.3, -0.25) is 4.79 Å². The van der Waals surface area contributed by atoms with E-state index in [2.05, 4.69) is 20.6 Å². The van der Waals surface area contributed by atoms with Gasteiger partial charge in [0.05, 0.1) is 52.5 Å². The van der Waals surface area contributed by atoms with E-state index in [4.69, 9.17) is 16.3 Å². The first kappa shape index (κ1) is 29.1. The summed E-state index contributed by atoms with van der Waals surface area (Å²) in [5.41, 5.74) is 1.64. The summed E-state index contributed by atoms with van der Waals surface area (Å²) in [6.07, 6.45) is -4.47. The molecule has 0 unspecified atom stereocenters. The van der Waals surface area contributed by atoms with E-state index >= 15 is 0 Å². The largest absolute Gasteiger partial charge is 0.497 e. The van der Waals surface area contributed by atoms with Crippen LogP contribution in [-0.2, 0) is 20.4 Å². The monoisotopic (exact) mass is 593 g/mol. The number of sulfone groups is 1. The van der Waals surface area contributed by atoms with E-state index in [1.165, 1.54) is 31.4 Å². The summed E-state index contributed by atoms with van der Waals surface area (Å²) in [5, 5.41) is 7.77. The molecule has 1 amide bonds. The predicted molar refractivity (Wildman–Crippen MR) is 146 cm³/mol. The molecule has 0 fully saturated rings. The van der Waals surface area contributed by atoms with Crippen LogP contribution in [0, 0.1) is 0 Å². The summed E-state index contributed by atoms with van der Waals surface area (Å²) >= 11 is 6.34. The lowest BCUT2D eigenvalue weighted by Crippen LogP contribution is -2.35. The van der Waals surface area contributed by atoms with Crippen LogP contribution in [0.2, 0.25) is 5.02 Å². The molecule has 1 heterocycles. The molecule has 0 radical (unpaired) electrons. The summed E-state index contributed by atoms with van der Waals surface area (Å²) in [7, 11) is -2.53. The molecule has 210 valence electrons. The fraction of sp³-hybridized carbons (Fsp3) is 0.192. The van der Waals surface area contributed by atoms with Gasteiger partial charge in [-0.05, 0) is 42.5 Å². The number of hydrogen-bond acceptors (Lipinski definition) is 8. The number of ether oxygens (including phenoxy) is 1. The number of carbonyl (C=O) groups excluding carboxylic acids is 1. The van der Waals surface area contributed by atoms with Crippen LogP contribution in [0.4, 0.5) is 30.4 Å². The van der Waals surface area contributed by atoms with Gasteiger partial charge in [-0.1, -0.05) is 29.8 Å². The SMILES string of the molecule is COc1ccc(Cl)c(Nc2nc3ccccc3nc2CS(=O)(=O)c2cccc(NC(=O)CNCC(F)(F)F)c2)c1. The van der Waals surface area contributed by atoms with Gasteiger partial charge in [0.15, 0.2) is 15.7 Å². The van der Waals surface area contributed by atoms with Crippen LogP contribution in [0.15, 0.2) is 71.6 Å². The van der Waals surface area contributed by atoms with Crippen molar-refractivity contribution < 1.29 is 31.1 Å². The first-order valence-electron chi connectivity index (χ1n) is 11.7.